The predicted molar refractivity (Wildman–Crippen MR) is 126 cm³/mol. The van der Waals surface area contributed by atoms with Crippen LogP contribution in [0.15, 0.2) is 59.8 Å². The average Bonchev–Trinajstić information content (AvgIpc) is 3.15. The molecule has 9 heteroatoms. The Labute approximate surface area is 193 Å². The molecule has 0 N–H and O–H groups in total. The van der Waals surface area contributed by atoms with E-state index in [0.717, 1.165) is 11.3 Å². The quantitative estimate of drug-likeness (QED) is 0.537. The van der Waals surface area contributed by atoms with E-state index in [9.17, 15) is 13.7 Å². The molecule has 3 aromatic rings. The molecule has 1 saturated heterocycles. The number of imidazole rings is 1. The minimum atomic E-state index is -3.70. The van der Waals surface area contributed by atoms with Crippen LogP contribution in [0, 0.1) is 29.9 Å². The Morgan fingerprint density at radius 3 is 2.47 bits per heavy atom. The first-order valence-corrected chi connectivity index (χ1v) is 12.2. The molecule has 0 aliphatic carbocycles. The van der Waals surface area contributed by atoms with Gasteiger partial charge in [-0.05, 0) is 55.4 Å². The van der Waals surface area contributed by atoms with Crippen molar-refractivity contribution in [3.05, 3.63) is 76.3 Å². The van der Waals surface area contributed by atoms with Crippen LogP contribution in [0.2, 0.25) is 0 Å². The van der Waals surface area contributed by atoms with Gasteiger partial charge in [-0.1, -0.05) is 24.3 Å². The normalized spacial score (nSPS) is 15.5. The fraction of sp³-hybridized carbons (Fsp3) is 0.304. The van der Waals surface area contributed by atoms with Crippen LogP contribution in [0.5, 0.6) is 0 Å². The van der Waals surface area contributed by atoms with E-state index in [4.69, 9.17) is 12.2 Å². The molecule has 1 aliphatic rings. The molecule has 7 nitrogen and oxygen atoms in total. The summed E-state index contributed by atoms with van der Waals surface area (Å²) in [7, 11) is -3.70. The Bertz CT molecular complexity index is 1340. The maximum atomic E-state index is 13.0. The van der Waals surface area contributed by atoms with Crippen molar-refractivity contribution < 1.29 is 8.42 Å². The van der Waals surface area contributed by atoms with Gasteiger partial charge in [0.2, 0.25) is 10.0 Å². The van der Waals surface area contributed by atoms with Crippen molar-refractivity contribution >= 4 is 22.2 Å². The first kappa shape index (κ1) is 22.4. The molecule has 1 fully saturated rings. The summed E-state index contributed by atoms with van der Waals surface area (Å²) in [4.78, 5) is 2.26. The number of hydrogen-bond acceptors (Lipinski definition) is 5. The largest absolute Gasteiger partial charge is 0.310 e. The van der Waals surface area contributed by atoms with E-state index in [0.29, 0.717) is 37.6 Å². The Hall–Kier alpha value is -2.77. The third-order valence-corrected chi connectivity index (χ3v) is 8.17. The van der Waals surface area contributed by atoms with Crippen LogP contribution >= 0.6 is 12.2 Å². The maximum absolute atomic E-state index is 13.0. The van der Waals surface area contributed by atoms with Crippen LogP contribution in [0.1, 0.15) is 16.7 Å². The lowest BCUT2D eigenvalue weighted by atomic mass is 10.1. The van der Waals surface area contributed by atoms with Gasteiger partial charge in [0.25, 0.3) is 0 Å². The van der Waals surface area contributed by atoms with Gasteiger partial charge < -0.3 is 4.57 Å². The highest BCUT2D eigenvalue weighted by Crippen LogP contribution is 2.22. The standard InChI is InChI=1S/C23H25N5O2S2/c1-18-7-8-19(2)21(15-18)28-14-11-26(23(28)31)17-25-9-12-27(13-10-25)32(29,30)22-6-4-3-5-20(22)16-24/h3-8,11,14-15H,9-10,12-13,17H2,1-2H3. The lowest BCUT2D eigenvalue weighted by Gasteiger charge is -2.34. The molecule has 0 radical (unpaired) electrons. The molecule has 32 heavy (non-hydrogen) atoms. The van der Waals surface area contributed by atoms with Crippen molar-refractivity contribution in [1.82, 2.24) is 18.3 Å². The van der Waals surface area contributed by atoms with E-state index < -0.39 is 10.0 Å². The van der Waals surface area contributed by atoms with Gasteiger partial charge in [-0.2, -0.15) is 9.57 Å². The first-order valence-electron chi connectivity index (χ1n) is 10.4. The maximum Gasteiger partial charge on any atom is 0.244 e. The summed E-state index contributed by atoms with van der Waals surface area (Å²) in [6.07, 6.45) is 3.94. The molecule has 0 amide bonds. The molecule has 0 atom stereocenters. The highest BCUT2D eigenvalue weighted by molar-refractivity contribution is 7.89. The van der Waals surface area contributed by atoms with E-state index in [1.54, 1.807) is 12.1 Å². The van der Waals surface area contributed by atoms with Crippen molar-refractivity contribution in [2.45, 2.75) is 25.4 Å². The summed E-state index contributed by atoms with van der Waals surface area (Å²) in [6, 6.07) is 14.6. The van der Waals surface area contributed by atoms with E-state index in [1.165, 1.54) is 22.0 Å². The van der Waals surface area contributed by atoms with Gasteiger partial charge in [-0.25, -0.2) is 8.42 Å². The molecular formula is C23H25N5O2S2. The monoisotopic (exact) mass is 467 g/mol. The fourth-order valence-electron chi connectivity index (χ4n) is 3.93. The van der Waals surface area contributed by atoms with Gasteiger partial charge in [0, 0.05) is 38.6 Å². The third kappa shape index (κ3) is 4.27. The number of nitrogens with zero attached hydrogens (tertiary/aromatic N) is 5. The van der Waals surface area contributed by atoms with Crippen LogP contribution in [0.4, 0.5) is 0 Å². The number of hydrogen-bond donors (Lipinski definition) is 0. The fourth-order valence-corrected chi connectivity index (χ4v) is 5.77. The summed E-state index contributed by atoms with van der Waals surface area (Å²) in [5.41, 5.74) is 3.58. The Kier molecular flexibility index (Phi) is 6.31. The molecule has 0 unspecified atom stereocenters. The highest BCUT2D eigenvalue weighted by Gasteiger charge is 2.30. The van der Waals surface area contributed by atoms with Crippen molar-refractivity contribution in [1.29, 1.82) is 5.26 Å². The smallest absolute Gasteiger partial charge is 0.244 e. The summed E-state index contributed by atoms with van der Waals surface area (Å²) >= 11 is 5.72. The van der Waals surface area contributed by atoms with Crippen LogP contribution in [-0.4, -0.2) is 52.9 Å². The molecule has 2 heterocycles. The van der Waals surface area contributed by atoms with Gasteiger partial charge in [0.1, 0.15) is 6.07 Å². The molecule has 1 aromatic heterocycles. The number of rotatable bonds is 5. The molecule has 2 aromatic carbocycles. The molecule has 4 rings (SSSR count). The Morgan fingerprint density at radius 2 is 1.75 bits per heavy atom. The predicted octanol–water partition coefficient (Wildman–Crippen LogP) is 3.46. The van der Waals surface area contributed by atoms with Crippen molar-refractivity contribution in [2.24, 2.45) is 0 Å². The van der Waals surface area contributed by atoms with Gasteiger partial charge in [-0.15, -0.1) is 0 Å². The summed E-state index contributed by atoms with van der Waals surface area (Å²) in [5, 5.41) is 9.27. The SMILES string of the molecule is Cc1ccc(C)c(-n2ccn(CN3CCN(S(=O)(=O)c4ccccc4C#N)CC3)c2=S)c1. The molecular weight excluding hydrogens is 442 g/mol. The topological polar surface area (TPSA) is 74.3 Å². The van der Waals surface area contributed by atoms with E-state index in [-0.39, 0.29) is 10.5 Å². The number of aromatic nitrogens is 2. The van der Waals surface area contributed by atoms with Gasteiger partial charge >= 0.3 is 0 Å². The van der Waals surface area contributed by atoms with Gasteiger partial charge in [0.05, 0.1) is 22.8 Å². The van der Waals surface area contributed by atoms with E-state index in [1.807, 2.05) is 27.6 Å². The van der Waals surface area contributed by atoms with Crippen LogP contribution in [-0.2, 0) is 16.7 Å². The van der Waals surface area contributed by atoms with Gasteiger partial charge in [0.15, 0.2) is 4.77 Å². The Morgan fingerprint density at radius 1 is 1.03 bits per heavy atom. The van der Waals surface area contributed by atoms with Crippen molar-refractivity contribution in [3.63, 3.8) is 0 Å². The second-order valence-corrected chi connectivity index (χ2v) is 10.3. The van der Waals surface area contributed by atoms with Crippen molar-refractivity contribution in [2.75, 3.05) is 26.2 Å². The Balaban J connectivity index is 1.46. The minimum absolute atomic E-state index is 0.0729. The van der Waals surface area contributed by atoms with E-state index in [2.05, 4.69) is 36.9 Å². The third-order valence-electron chi connectivity index (χ3n) is 5.78. The highest BCUT2D eigenvalue weighted by atomic mass is 32.2. The number of piperazine rings is 1. The second-order valence-electron chi connectivity index (χ2n) is 7.98. The minimum Gasteiger partial charge on any atom is -0.310 e. The lowest BCUT2D eigenvalue weighted by molar-refractivity contribution is 0.151. The number of sulfonamides is 1. The van der Waals surface area contributed by atoms with Gasteiger partial charge in [-0.3, -0.25) is 9.47 Å². The summed E-state index contributed by atoms with van der Waals surface area (Å²) in [5.74, 6) is 0. The molecule has 0 saturated carbocycles. The average molecular weight is 468 g/mol. The summed E-state index contributed by atoms with van der Waals surface area (Å²) in [6.45, 7) is 6.64. The number of nitriles is 1. The number of aryl methyl sites for hydroxylation is 2. The molecule has 166 valence electrons. The molecule has 1 aliphatic heterocycles. The van der Waals surface area contributed by atoms with Crippen LogP contribution < -0.4 is 0 Å². The molecule has 0 bridgehead atoms. The van der Waals surface area contributed by atoms with E-state index >= 15 is 0 Å². The lowest BCUT2D eigenvalue weighted by Crippen LogP contribution is -2.48. The zero-order chi connectivity index (χ0) is 22.9. The summed E-state index contributed by atoms with van der Waals surface area (Å²) < 4.78 is 32.3. The first-order chi connectivity index (χ1) is 15.3. The van der Waals surface area contributed by atoms with Crippen LogP contribution in [0.3, 0.4) is 0 Å². The second kappa shape index (κ2) is 9.00. The number of benzene rings is 2. The van der Waals surface area contributed by atoms with Crippen molar-refractivity contribution in [3.8, 4) is 11.8 Å². The molecule has 0 spiro atoms. The zero-order valence-corrected chi connectivity index (χ0v) is 19.7. The van der Waals surface area contributed by atoms with Crippen LogP contribution in [0.25, 0.3) is 5.69 Å². The zero-order valence-electron chi connectivity index (χ0n) is 18.1.